The second-order valence-corrected chi connectivity index (χ2v) is 7.46. The fourth-order valence-electron chi connectivity index (χ4n) is 4.46. The van der Waals surface area contributed by atoms with Gasteiger partial charge in [0.15, 0.2) is 5.82 Å². The van der Waals surface area contributed by atoms with Crippen LogP contribution < -0.4 is 4.90 Å². The molecule has 0 amide bonds. The van der Waals surface area contributed by atoms with Gasteiger partial charge in [-0.1, -0.05) is 6.07 Å². The zero-order chi connectivity index (χ0) is 19.5. The first-order valence-electron chi connectivity index (χ1n) is 9.36. The Kier molecular flexibility index (Phi) is 3.94. The molecule has 2 aliphatic rings. The number of anilines is 1. The average Bonchev–Trinajstić information content (AvgIpc) is 3.13. The molecule has 0 spiro atoms. The molecular formula is C20H18F4N4. The van der Waals surface area contributed by atoms with Crippen molar-refractivity contribution in [2.45, 2.75) is 25.1 Å². The van der Waals surface area contributed by atoms with E-state index in [-0.39, 0.29) is 10.9 Å². The van der Waals surface area contributed by atoms with Crippen LogP contribution in [-0.4, -0.2) is 47.1 Å². The standard InChI is InChI=1S/C20H18F4N4/c21-16-10-17-14(9-15(16)20(22,23)24)13-4-1-5-25-18(13)19(26-17)28-8-7-27-6-2-3-12(27)11-28/h1,4-5,9-10,12H,2-3,6-8,11H2. The zero-order valence-electron chi connectivity index (χ0n) is 15.0. The minimum atomic E-state index is -4.76. The lowest BCUT2D eigenvalue weighted by Gasteiger charge is -2.38. The van der Waals surface area contributed by atoms with E-state index < -0.39 is 17.6 Å². The van der Waals surface area contributed by atoms with E-state index in [4.69, 9.17) is 0 Å². The first-order valence-corrected chi connectivity index (χ1v) is 9.36. The highest BCUT2D eigenvalue weighted by molar-refractivity contribution is 6.08. The Bertz CT molecular complexity index is 1070. The van der Waals surface area contributed by atoms with Gasteiger partial charge < -0.3 is 4.90 Å². The highest BCUT2D eigenvalue weighted by Gasteiger charge is 2.35. The van der Waals surface area contributed by atoms with E-state index in [0.29, 0.717) is 22.8 Å². The van der Waals surface area contributed by atoms with Crippen molar-refractivity contribution < 1.29 is 17.6 Å². The Balaban J connectivity index is 1.69. The Morgan fingerprint density at radius 2 is 1.93 bits per heavy atom. The van der Waals surface area contributed by atoms with Crippen molar-refractivity contribution in [2.75, 3.05) is 31.1 Å². The molecule has 0 N–H and O–H groups in total. The molecule has 4 nitrogen and oxygen atoms in total. The van der Waals surface area contributed by atoms with Crippen molar-refractivity contribution in [2.24, 2.45) is 0 Å². The van der Waals surface area contributed by atoms with Crippen LogP contribution in [0.4, 0.5) is 23.4 Å². The summed E-state index contributed by atoms with van der Waals surface area (Å²) in [4.78, 5) is 13.6. The lowest BCUT2D eigenvalue weighted by molar-refractivity contribution is -0.139. The maximum Gasteiger partial charge on any atom is 0.419 e. The average molecular weight is 390 g/mol. The maximum absolute atomic E-state index is 14.2. The minimum absolute atomic E-state index is 0.217. The van der Waals surface area contributed by atoms with Crippen molar-refractivity contribution in [3.8, 4) is 0 Å². The molecule has 2 saturated heterocycles. The van der Waals surface area contributed by atoms with Crippen LogP contribution in [0.1, 0.15) is 18.4 Å². The molecule has 8 heteroatoms. The summed E-state index contributed by atoms with van der Waals surface area (Å²) in [5.41, 5.74) is -0.504. The number of halogens is 4. The van der Waals surface area contributed by atoms with Crippen molar-refractivity contribution >= 4 is 27.6 Å². The van der Waals surface area contributed by atoms with Gasteiger partial charge in [0.1, 0.15) is 11.3 Å². The topological polar surface area (TPSA) is 32.3 Å². The highest BCUT2D eigenvalue weighted by Crippen LogP contribution is 2.37. The Morgan fingerprint density at radius 1 is 1.07 bits per heavy atom. The van der Waals surface area contributed by atoms with E-state index in [2.05, 4.69) is 19.8 Å². The number of benzene rings is 1. The number of piperazine rings is 1. The van der Waals surface area contributed by atoms with Crippen molar-refractivity contribution in [1.82, 2.24) is 14.9 Å². The van der Waals surface area contributed by atoms with E-state index in [1.807, 2.05) is 0 Å². The number of aromatic nitrogens is 2. The maximum atomic E-state index is 14.2. The van der Waals surface area contributed by atoms with Gasteiger partial charge in [0, 0.05) is 48.7 Å². The number of fused-ring (bicyclic) bond motifs is 4. The molecule has 1 unspecified atom stereocenters. The summed E-state index contributed by atoms with van der Waals surface area (Å²) in [5, 5.41) is 0.821. The predicted molar refractivity (Wildman–Crippen MR) is 98.8 cm³/mol. The molecule has 2 aliphatic heterocycles. The molecule has 4 heterocycles. The van der Waals surface area contributed by atoms with E-state index in [1.54, 1.807) is 18.3 Å². The van der Waals surface area contributed by atoms with E-state index >= 15 is 0 Å². The second-order valence-electron chi connectivity index (χ2n) is 7.46. The largest absolute Gasteiger partial charge is 0.419 e. The summed E-state index contributed by atoms with van der Waals surface area (Å²) in [7, 11) is 0. The Morgan fingerprint density at radius 3 is 2.75 bits per heavy atom. The Hall–Kier alpha value is -2.48. The molecular weight excluding hydrogens is 372 g/mol. The molecule has 0 saturated carbocycles. The fourth-order valence-corrected chi connectivity index (χ4v) is 4.46. The molecule has 2 aromatic heterocycles. The molecule has 146 valence electrons. The van der Waals surface area contributed by atoms with Gasteiger partial charge in [-0.15, -0.1) is 0 Å². The van der Waals surface area contributed by atoms with Crippen LogP contribution in [0.2, 0.25) is 0 Å². The third-order valence-electron chi connectivity index (χ3n) is 5.81. The van der Waals surface area contributed by atoms with Crippen LogP contribution in [0.25, 0.3) is 21.8 Å². The van der Waals surface area contributed by atoms with Gasteiger partial charge in [-0.3, -0.25) is 9.88 Å². The molecule has 1 aromatic carbocycles. The van der Waals surface area contributed by atoms with Crippen LogP contribution in [-0.2, 0) is 6.18 Å². The normalized spacial score (nSPS) is 20.9. The number of hydrogen-bond donors (Lipinski definition) is 0. The first kappa shape index (κ1) is 17.6. The van der Waals surface area contributed by atoms with Crippen LogP contribution in [0, 0.1) is 5.82 Å². The highest BCUT2D eigenvalue weighted by atomic mass is 19.4. The third-order valence-corrected chi connectivity index (χ3v) is 5.81. The van der Waals surface area contributed by atoms with Crippen LogP contribution >= 0.6 is 0 Å². The number of alkyl halides is 3. The number of rotatable bonds is 1. The van der Waals surface area contributed by atoms with E-state index in [0.717, 1.165) is 44.7 Å². The molecule has 28 heavy (non-hydrogen) atoms. The van der Waals surface area contributed by atoms with Crippen LogP contribution in [0.3, 0.4) is 0 Å². The second kappa shape index (κ2) is 6.27. The predicted octanol–water partition coefficient (Wildman–Crippen LogP) is 4.23. The molecule has 0 aliphatic carbocycles. The fraction of sp³-hybridized carbons (Fsp3) is 0.400. The van der Waals surface area contributed by atoms with Crippen molar-refractivity contribution in [3.63, 3.8) is 0 Å². The molecule has 1 atom stereocenters. The monoisotopic (exact) mass is 390 g/mol. The Labute approximate surface area is 158 Å². The van der Waals surface area contributed by atoms with E-state index in [9.17, 15) is 17.6 Å². The first-order chi connectivity index (χ1) is 13.4. The van der Waals surface area contributed by atoms with Gasteiger partial charge in [0.2, 0.25) is 0 Å². The van der Waals surface area contributed by atoms with Crippen molar-refractivity contribution in [3.05, 3.63) is 41.8 Å². The molecule has 2 fully saturated rings. The zero-order valence-corrected chi connectivity index (χ0v) is 15.0. The minimum Gasteiger partial charge on any atom is -0.352 e. The number of nitrogens with zero attached hydrogens (tertiary/aromatic N) is 4. The smallest absolute Gasteiger partial charge is 0.352 e. The summed E-state index contributed by atoms with van der Waals surface area (Å²) >= 11 is 0. The van der Waals surface area contributed by atoms with Crippen LogP contribution in [0.15, 0.2) is 30.5 Å². The van der Waals surface area contributed by atoms with Gasteiger partial charge in [-0.05, 0) is 31.5 Å². The van der Waals surface area contributed by atoms with Gasteiger partial charge in [0.05, 0.1) is 11.1 Å². The molecule has 0 bridgehead atoms. The molecule has 3 aromatic rings. The summed E-state index contributed by atoms with van der Waals surface area (Å²) in [6.07, 6.45) is -0.850. The SMILES string of the molecule is Fc1cc2nc(N3CCN4CCCC4C3)c3ncccc3c2cc1C(F)(F)F. The lowest BCUT2D eigenvalue weighted by atomic mass is 10.0. The van der Waals surface area contributed by atoms with Gasteiger partial charge >= 0.3 is 6.18 Å². The summed E-state index contributed by atoms with van der Waals surface area (Å²) in [6, 6.07) is 5.59. The summed E-state index contributed by atoms with van der Waals surface area (Å²) < 4.78 is 53.7. The van der Waals surface area contributed by atoms with Gasteiger partial charge in [-0.25, -0.2) is 9.37 Å². The summed E-state index contributed by atoms with van der Waals surface area (Å²) in [5.74, 6) is -0.684. The van der Waals surface area contributed by atoms with Crippen LogP contribution in [0.5, 0.6) is 0 Å². The molecule has 0 radical (unpaired) electrons. The van der Waals surface area contributed by atoms with Gasteiger partial charge in [-0.2, -0.15) is 13.2 Å². The quantitative estimate of drug-likeness (QED) is 0.460. The summed E-state index contributed by atoms with van der Waals surface area (Å²) in [6.45, 7) is 3.59. The molecule has 5 rings (SSSR count). The number of hydrogen-bond acceptors (Lipinski definition) is 4. The number of pyridine rings is 2. The lowest BCUT2D eigenvalue weighted by Crippen LogP contribution is -2.50. The van der Waals surface area contributed by atoms with Gasteiger partial charge in [0.25, 0.3) is 0 Å². The van der Waals surface area contributed by atoms with E-state index in [1.165, 1.54) is 6.42 Å². The van der Waals surface area contributed by atoms with Crippen molar-refractivity contribution in [1.29, 1.82) is 0 Å². The third kappa shape index (κ3) is 2.78.